The number of nitrogens with zero attached hydrogens (tertiary/aromatic N) is 1. The molecule has 270 valence electrons. The normalized spacial score (nSPS) is 14.6. The van der Waals surface area contributed by atoms with Gasteiger partial charge < -0.3 is 9.64 Å². The minimum absolute atomic E-state index is 0.438. The van der Waals surface area contributed by atoms with Crippen molar-refractivity contribution in [1.29, 1.82) is 0 Å². The van der Waals surface area contributed by atoms with Crippen LogP contribution in [0.15, 0.2) is 212 Å². The first-order valence-electron chi connectivity index (χ1n) is 20.2. The minimum Gasteiger partial charge on any atom is -0.457 e. The zero-order chi connectivity index (χ0) is 38.0. The van der Waals surface area contributed by atoms with Gasteiger partial charge in [-0.3, -0.25) is 0 Å². The van der Waals surface area contributed by atoms with Crippen molar-refractivity contribution in [3.63, 3.8) is 0 Å². The van der Waals surface area contributed by atoms with Gasteiger partial charge in [0.2, 0.25) is 0 Å². The predicted octanol–water partition coefficient (Wildman–Crippen LogP) is 14.0. The molecule has 0 saturated heterocycles. The molecule has 0 N–H and O–H groups in total. The molecule has 2 spiro atoms. The van der Waals surface area contributed by atoms with Gasteiger partial charge in [-0.25, -0.2) is 0 Å². The Balaban J connectivity index is 1.08. The lowest BCUT2D eigenvalue weighted by Gasteiger charge is -2.40. The van der Waals surface area contributed by atoms with Gasteiger partial charge in [0.25, 0.3) is 0 Å². The van der Waals surface area contributed by atoms with Crippen LogP contribution in [0.4, 0.5) is 17.1 Å². The highest BCUT2D eigenvalue weighted by molar-refractivity contribution is 5.97. The number of rotatable bonds is 3. The molecule has 1 heterocycles. The summed E-state index contributed by atoms with van der Waals surface area (Å²) < 4.78 is 6.85. The Labute approximate surface area is 337 Å². The quantitative estimate of drug-likeness (QED) is 0.179. The highest BCUT2D eigenvalue weighted by Crippen LogP contribution is 2.65. The van der Waals surface area contributed by atoms with E-state index in [2.05, 4.69) is 217 Å². The molecule has 0 fully saturated rings. The second kappa shape index (κ2) is 11.6. The van der Waals surface area contributed by atoms with E-state index >= 15 is 0 Å². The Morgan fingerprint density at radius 3 is 1.14 bits per heavy atom. The summed E-state index contributed by atoms with van der Waals surface area (Å²) >= 11 is 0. The fourth-order valence-corrected chi connectivity index (χ4v) is 11.2. The van der Waals surface area contributed by atoms with Crippen LogP contribution in [0.3, 0.4) is 0 Å². The van der Waals surface area contributed by atoms with Crippen molar-refractivity contribution in [1.82, 2.24) is 0 Å². The molecule has 0 amide bonds. The Hall–Kier alpha value is -7.42. The van der Waals surface area contributed by atoms with E-state index in [-0.39, 0.29) is 0 Å². The second-order valence-corrected chi connectivity index (χ2v) is 15.9. The first-order chi connectivity index (χ1) is 28.8. The van der Waals surface area contributed by atoms with E-state index in [9.17, 15) is 0 Å². The van der Waals surface area contributed by atoms with E-state index in [0.29, 0.717) is 0 Å². The van der Waals surface area contributed by atoms with Gasteiger partial charge in [-0.05, 0) is 115 Å². The smallest absolute Gasteiger partial charge is 0.132 e. The lowest BCUT2D eigenvalue weighted by Crippen LogP contribution is -2.32. The zero-order valence-corrected chi connectivity index (χ0v) is 31.6. The van der Waals surface area contributed by atoms with Crippen molar-refractivity contribution in [2.75, 3.05) is 4.90 Å². The topological polar surface area (TPSA) is 12.5 Å². The Morgan fingerprint density at radius 2 is 0.621 bits per heavy atom. The molecule has 0 unspecified atom stereocenters. The number of fused-ring (bicyclic) bond motifs is 19. The molecule has 0 bridgehead atoms. The molecule has 13 rings (SSSR count). The molecule has 0 aromatic heterocycles. The van der Waals surface area contributed by atoms with Crippen LogP contribution >= 0.6 is 0 Å². The van der Waals surface area contributed by atoms with E-state index in [0.717, 1.165) is 34.1 Å². The summed E-state index contributed by atoms with van der Waals surface area (Å²) in [7, 11) is 0. The molecular formula is C56H35NO. The largest absolute Gasteiger partial charge is 0.457 e. The molecule has 9 aromatic rings. The molecule has 9 aromatic carbocycles. The molecule has 0 radical (unpaired) electrons. The van der Waals surface area contributed by atoms with E-state index in [4.69, 9.17) is 4.74 Å². The van der Waals surface area contributed by atoms with Gasteiger partial charge in [-0.15, -0.1) is 0 Å². The maximum atomic E-state index is 6.85. The first-order valence-corrected chi connectivity index (χ1v) is 20.2. The molecule has 3 aliphatic carbocycles. The molecule has 0 saturated carbocycles. The first kappa shape index (κ1) is 31.7. The maximum Gasteiger partial charge on any atom is 0.132 e. The molecule has 2 nitrogen and oxygen atoms in total. The number of anilines is 3. The van der Waals surface area contributed by atoms with E-state index < -0.39 is 10.8 Å². The predicted molar refractivity (Wildman–Crippen MR) is 235 cm³/mol. The van der Waals surface area contributed by atoms with Gasteiger partial charge in [0.05, 0.1) is 10.8 Å². The molecular weight excluding hydrogens is 703 g/mol. The highest BCUT2D eigenvalue weighted by atomic mass is 16.5. The van der Waals surface area contributed by atoms with Crippen LogP contribution in [0.5, 0.6) is 11.5 Å². The molecule has 2 heteroatoms. The second-order valence-electron chi connectivity index (χ2n) is 15.9. The van der Waals surface area contributed by atoms with E-state index in [1.807, 2.05) is 0 Å². The molecule has 4 aliphatic rings. The summed E-state index contributed by atoms with van der Waals surface area (Å²) in [5.41, 5.74) is 20.2. The van der Waals surface area contributed by atoms with Crippen LogP contribution in [0.25, 0.3) is 33.4 Å². The Morgan fingerprint density at radius 1 is 0.259 bits per heavy atom. The Kier molecular flexibility index (Phi) is 6.33. The number of para-hydroxylation sites is 2. The monoisotopic (exact) mass is 737 g/mol. The maximum absolute atomic E-state index is 6.85. The van der Waals surface area contributed by atoms with Crippen molar-refractivity contribution < 1.29 is 4.74 Å². The summed E-state index contributed by atoms with van der Waals surface area (Å²) in [5, 5.41) is 0. The average molecular weight is 738 g/mol. The highest BCUT2D eigenvalue weighted by Gasteiger charge is 2.53. The third kappa shape index (κ3) is 3.87. The van der Waals surface area contributed by atoms with Crippen LogP contribution < -0.4 is 9.64 Å². The molecule has 0 atom stereocenters. The van der Waals surface area contributed by atoms with Crippen LogP contribution in [-0.2, 0) is 10.8 Å². The minimum atomic E-state index is -0.559. The van der Waals surface area contributed by atoms with Crippen LogP contribution in [0.2, 0.25) is 0 Å². The van der Waals surface area contributed by atoms with Gasteiger partial charge in [0.1, 0.15) is 11.5 Å². The van der Waals surface area contributed by atoms with E-state index in [1.54, 1.807) is 0 Å². The summed E-state index contributed by atoms with van der Waals surface area (Å²) in [6, 6.07) is 78.4. The van der Waals surface area contributed by atoms with Crippen LogP contribution in [-0.4, -0.2) is 0 Å². The Bertz CT molecular complexity index is 3070. The molecule has 58 heavy (non-hydrogen) atoms. The van der Waals surface area contributed by atoms with Gasteiger partial charge in [0.15, 0.2) is 0 Å². The third-order valence-corrected chi connectivity index (χ3v) is 13.3. The number of ether oxygens (including phenoxy) is 1. The standard InChI is InChI=1S/C56H35NO/c1-2-16-36(17-3-1)57(37-30-32-44-43-22-8-11-25-47(43)55(51(44)34-37)45-23-9-4-18-39(45)40-19-5-10-24-46(40)55)38-31-33-54-52(35-38)56(50-28-14-15-29-53(50)58-54)48-26-12-6-20-41(48)42-21-7-13-27-49(42)56/h1-35H. The average Bonchev–Trinajstić information content (AvgIpc) is 3.88. The van der Waals surface area contributed by atoms with Gasteiger partial charge in [-0.1, -0.05) is 164 Å². The summed E-state index contributed by atoms with van der Waals surface area (Å²) in [5.74, 6) is 1.78. The number of benzene rings is 9. The fraction of sp³-hybridized carbons (Fsp3) is 0.0357. The van der Waals surface area contributed by atoms with Gasteiger partial charge in [0, 0.05) is 28.2 Å². The third-order valence-electron chi connectivity index (χ3n) is 13.3. The van der Waals surface area contributed by atoms with Crippen molar-refractivity contribution in [3.05, 3.63) is 257 Å². The van der Waals surface area contributed by atoms with Crippen LogP contribution in [0.1, 0.15) is 44.5 Å². The lowest BCUT2D eigenvalue weighted by atomic mass is 9.66. The van der Waals surface area contributed by atoms with Crippen LogP contribution in [0, 0.1) is 0 Å². The number of hydrogen-bond acceptors (Lipinski definition) is 2. The molecule has 1 aliphatic heterocycles. The van der Waals surface area contributed by atoms with Crippen molar-refractivity contribution >= 4 is 17.1 Å². The van der Waals surface area contributed by atoms with E-state index in [1.165, 1.54) is 72.3 Å². The van der Waals surface area contributed by atoms with Crippen molar-refractivity contribution in [2.45, 2.75) is 10.8 Å². The summed E-state index contributed by atoms with van der Waals surface area (Å²) in [6.45, 7) is 0. The van der Waals surface area contributed by atoms with Gasteiger partial charge >= 0.3 is 0 Å². The number of hydrogen-bond donors (Lipinski definition) is 0. The SMILES string of the molecule is c1ccc(N(c2ccc3c(c2)C2(c4ccccc4O3)c3ccccc3-c3ccccc32)c2ccc3c(c2)C2(c4ccccc4-c4ccccc42)c2ccccc2-3)cc1. The lowest BCUT2D eigenvalue weighted by molar-refractivity contribution is 0.436. The van der Waals surface area contributed by atoms with Crippen molar-refractivity contribution in [3.8, 4) is 44.9 Å². The van der Waals surface area contributed by atoms with Gasteiger partial charge in [-0.2, -0.15) is 0 Å². The zero-order valence-electron chi connectivity index (χ0n) is 31.6. The summed E-state index contributed by atoms with van der Waals surface area (Å²) in [6.07, 6.45) is 0. The fourth-order valence-electron chi connectivity index (χ4n) is 11.2. The summed E-state index contributed by atoms with van der Waals surface area (Å²) in [4.78, 5) is 2.44. The van der Waals surface area contributed by atoms with Crippen molar-refractivity contribution in [2.24, 2.45) is 0 Å².